The Bertz CT molecular complexity index is 707. The lowest BCUT2D eigenvalue weighted by Crippen LogP contribution is -2.48. The summed E-state index contributed by atoms with van der Waals surface area (Å²) in [5.74, 6) is 1.29. The first-order chi connectivity index (χ1) is 12.5. The molecule has 1 saturated heterocycles. The van der Waals surface area contributed by atoms with Crippen LogP contribution in [-0.4, -0.2) is 43.1 Å². The number of cyclic esters (lactones) is 1. The summed E-state index contributed by atoms with van der Waals surface area (Å²) in [6, 6.07) is 7.24. The maximum absolute atomic E-state index is 12.8. The second-order valence-electron chi connectivity index (χ2n) is 8.16. The fourth-order valence-electron chi connectivity index (χ4n) is 4.26. The lowest BCUT2D eigenvalue weighted by Gasteiger charge is -2.42. The number of rotatable bonds is 4. The van der Waals surface area contributed by atoms with Crippen LogP contribution in [0.3, 0.4) is 0 Å². The molecule has 5 nitrogen and oxygen atoms in total. The molecule has 1 N–H and O–H groups in total. The standard InChI is InChI=1S/C21H28N2O3/c1-13-3-4-15(11-19(13)14-5-6-14)17-9-18(10-17)23(2)20(24)16-7-8-26-21(25)22-12-16/h3-4,11,14,16-18H,5-10,12H2,1-2H3,(H,22,25)/t16-,17-,18+/m1/s1. The van der Waals surface area contributed by atoms with E-state index >= 15 is 0 Å². The van der Waals surface area contributed by atoms with E-state index < -0.39 is 6.09 Å². The van der Waals surface area contributed by atoms with E-state index in [1.807, 2.05) is 11.9 Å². The number of amides is 2. The summed E-state index contributed by atoms with van der Waals surface area (Å²) in [6.07, 6.45) is 4.90. The summed E-state index contributed by atoms with van der Waals surface area (Å²) >= 11 is 0. The van der Waals surface area contributed by atoms with Crippen LogP contribution in [-0.2, 0) is 9.53 Å². The first-order valence-electron chi connectivity index (χ1n) is 9.80. The molecule has 2 aliphatic carbocycles. The van der Waals surface area contributed by atoms with Gasteiger partial charge >= 0.3 is 6.09 Å². The Hall–Kier alpha value is -2.04. The van der Waals surface area contributed by atoms with Crippen LogP contribution < -0.4 is 5.32 Å². The summed E-state index contributed by atoms with van der Waals surface area (Å²) in [4.78, 5) is 25.9. The van der Waals surface area contributed by atoms with Crippen molar-refractivity contribution in [2.45, 2.75) is 56.9 Å². The molecule has 0 unspecified atom stereocenters. The smallest absolute Gasteiger partial charge is 0.407 e. The zero-order valence-electron chi connectivity index (χ0n) is 15.7. The Kier molecular flexibility index (Phi) is 4.63. The van der Waals surface area contributed by atoms with Gasteiger partial charge in [-0.05, 0) is 67.6 Å². The molecular weight excluding hydrogens is 328 g/mol. The third kappa shape index (κ3) is 3.44. The van der Waals surface area contributed by atoms with E-state index in [0.29, 0.717) is 31.5 Å². The summed E-state index contributed by atoms with van der Waals surface area (Å²) in [6.45, 7) is 2.90. The van der Waals surface area contributed by atoms with Gasteiger partial charge < -0.3 is 15.0 Å². The molecule has 1 heterocycles. The second-order valence-corrected chi connectivity index (χ2v) is 8.16. The average molecular weight is 356 g/mol. The molecule has 0 spiro atoms. The highest BCUT2D eigenvalue weighted by Crippen LogP contribution is 2.45. The normalized spacial score (nSPS) is 28.4. The number of nitrogens with zero attached hydrogens (tertiary/aromatic N) is 1. The van der Waals surface area contributed by atoms with E-state index in [0.717, 1.165) is 18.8 Å². The number of carbonyl (C=O) groups is 2. The van der Waals surface area contributed by atoms with Crippen LogP contribution in [0.4, 0.5) is 4.79 Å². The zero-order chi connectivity index (χ0) is 18.3. The molecule has 3 fully saturated rings. The fraction of sp³-hybridized carbons (Fsp3) is 0.619. The van der Waals surface area contributed by atoms with E-state index in [-0.39, 0.29) is 11.8 Å². The van der Waals surface area contributed by atoms with Gasteiger partial charge in [-0.1, -0.05) is 18.2 Å². The minimum Gasteiger partial charge on any atom is -0.450 e. The minimum absolute atomic E-state index is 0.127. The first kappa shape index (κ1) is 17.4. The summed E-state index contributed by atoms with van der Waals surface area (Å²) in [5, 5.41) is 2.66. The lowest BCUT2D eigenvalue weighted by molar-refractivity contribution is -0.138. The number of aryl methyl sites for hydroxylation is 1. The Morgan fingerprint density at radius 2 is 1.96 bits per heavy atom. The topological polar surface area (TPSA) is 58.6 Å². The number of hydrogen-bond acceptors (Lipinski definition) is 3. The Morgan fingerprint density at radius 3 is 2.69 bits per heavy atom. The predicted octanol–water partition coefficient (Wildman–Crippen LogP) is 3.32. The molecule has 0 radical (unpaired) electrons. The minimum atomic E-state index is -0.419. The number of carbonyl (C=O) groups excluding carboxylic acids is 2. The number of hydrogen-bond donors (Lipinski definition) is 1. The van der Waals surface area contributed by atoms with Gasteiger partial charge in [0.15, 0.2) is 0 Å². The maximum Gasteiger partial charge on any atom is 0.407 e. The molecule has 1 aliphatic heterocycles. The van der Waals surface area contributed by atoms with Crippen molar-refractivity contribution in [3.05, 3.63) is 34.9 Å². The Morgan fingerprint density at radius 1 is 1.19 bits per heavy atom. The SMILES string of the molecule is Cc1ccc([C@H]2C[C@@H](N(C)C(=O)[C@@H]3CCOC(=O)NC3)C2)cc1C1CC1. The highest BCUT2D eigenvalue weighted by molar-refractivity contribution is 5.80. The highest BCUT2D eigenvalue weighted by atomic mass is 16.5. The van der Waals surface area contributed by atoms with Gasteiger partial charge in [0.05, 0.1) is 12.5 Å². The number of ether oxygens (including phenoxy) is 1. The average Bonchev–Trinajstić information content (AvgIpc) is 3.42. The van der Waals surface area contributed by atoms with Gasteiger partial charge in [-0.3, -0.25) is 4.79 Å². The molecule has 2 amide bonds. The van der Waals surface area contributed by atoms with Gasteiger partial charge in [0.25, 0.3) is 0 Å². The van der Waals surface area contributed by atoms with Crippen LogP contribution in [0.5, 0.6) is 0 Å². The first-order valence-corrected chi connectivity index (χ1v) is 9.80. The number of nitrogens with one attached hydrogen (secondary N) is 1. The van der Waals surface area contributed by atoms with Crippen molar-refractivity contribution in [3.8, 4) is 0 Å². The molecular formula is C21H28N2O3. The number of benzene rings is 1. The Labute approximate surface area is 155 Å². The van der Waals surface area contributed by atoms with Crippen molar-refractivity contribution in [2.24, 2.45) is 5.92 Å². The molecule has 1 aromatic rings. The zero-order valence-corrected chi connectivity index (χ0v) is 15.7. The monoisotopic (exact) mass is 356 g/mol. The molecule has 0 aromatic heterocycles. The summed E-state index contributed by atoms with van der Waals surface area (Å²) in [7, 11) is 1.90. The van der Waals surface area contributed by atoms with Gasteiger partial charge in [-0.2, -0.15) is 0 Å². The van der Waals surface area contributed by atoms with Crippen LogP contribution in [0.15, 0.2) is 18.2 Å². The van der Waals surface area contributed by atoms with Gasteiger partial charge in [0.2, 0.25) is 5.91 Å². The van der Waals surface area contributed by atoms with E-state index in [4.69, 9.17) is 4.74 Å². The number of alkyl carbamates (subject to hydrolysis) is 1. The molecule has 1 atom stereocenters. The molecule has 4 rings (SSSR count). The van der Waals surface area contributed by atoms with Gasteiger partial charge in [0, 0.05) is 19.6 Å². The largest absolute Gasteiger partial charge is 0.450 e. The van der Waals surface area contributed by atoms with Gasteiger partial charge in [-0.15, -0.1) is 0 Å². The Balaban J connectivity index is 1.34. The molecule has 140 valence electrons. The molecule has 1 aromatic carbocycles. The van der Waals surface area contributed by atoms with Crippen molar-refractivity contribution in [3.63, 3.8) is 0 Å². The molecule has 26 heavy (non-hydrogen) atoms. The van der Waals surface area contributed by atoms with Gasteiger partial charge in [-0.25, -0.2) is 4.79 Å². The van der Waals surface area contributed by atoms with Crippen LogP contribution in [0, 0.1) is 12.8 Å². The predicted molar refractivity (Wildman–Crippen MR) is 99.1 cm³/mol. The van der Waals surface area contributed by atoms with Crippen LogP contribution in [0.2, 0.25) is 0 Å². The van der Waals surface area contributed by atoms with E-state index in [9.17, 15) is 9.59 Å². The molecule has 5 heteroatoms. The van der Waals surface area contributed by atoms with Crippen molar-refractivity contribution >= 4 is 12.0 Å². The van der Waals surface area contributed by atoms with Crippen molar-refractivity contribution < 1.29 is 14.3 Å². The highest BCUT2D eigenvalue weighted by Gasteiger charge is 2.38. The van der Waals surface area contributed by atoms with Crippen molar-refractivity contribution in [2.75, 3.05) is 20.2 Å². The summed E-state index contributed by atoms with van der Waals surface area (Å²) < 4.78 is 4.96. The van der Waals surface area contributed by atoms with Gasteiger partial charge in [0.1, 0.15) is 0 Å². The second kappa shape index (κ2) is 6.93. The van der Waals surface area contributed by atoms with Crippen LogP contribution in [0.25, 0.3) is 0 Å². The third-order valence-corrected chi connectivity index (χ3v) is 6.34. The molecule has 3 aliphatic rings. The quantitative estimate of drug-likeness (QED) is 0.900. The third-order valence-electron chi connectivity index (χ3n) is 6.34. The van der Waals surface area contributed by atoms with Crippen molar-refractivity contribution in [1.29, 1.82) is 0 Å². The maximum atomic E-state index is 12.8. The fourth-order valence-corrected chi connectivity index (χ4v) is 4.26. The summed E-state index contributed by atoms with van der Waals surface area (Å²) in [5.41, 5.74) is 4.38. The van der Waals surface area contributed by atoms with Crippen molar-refractivity contribution in [1.82, 2.24) is 10.2 Å². The molecule has 0 bridgehead atoms. The van der Waals surface area contributed by atoms with E-state index in [2.05, 4.69) is 30.4 Å². The van der Waals surface area contributed by atoms with E-state index in [1.54, 1.807) is 0 Å². The lowest BCUT2D eigenvalue weighted by atomic mass is 9.74. The van der Waals surface area contributed by atoms with E-state index in [1.165, 1.54) is 29.5 Å². The molecule has 2 saturated carbocycles. The van der Waals surface area contributed by atoms with Crippen LogP contribution >= 0.6 is 0 Å². The van der Waals surface area contributed by atoms with Crippen LogP contribution in [0.1, 0.15) is 60.6 Å².